The third-order valence-electron chi connectivity index (χ3n) is 4.27. The van der Waals surface area contributed by atoms with E-state index in [1.807, 2.05) is 12.3 Å². The molecule has 4 heterocycles. The van der Waals surface area contributed by atoms with Crippen LogP contribution in [0, 0.1) is 0 Å². The van der Waals surface area contributed by atoms with Crippen molar-refractivity contribution < 1.29 is 4.57 Å². The second kappa shape index (κ2) is 3.28. The second-order valence-corrected chi connectivity index (χ2v) is 5.33. The highest BCUT2D eigenvalue weighted by molar-refractivity contribution is 5.82. The number of aryl methyl sites for hydroxylation is 1. The van der Waals surface area contributed by atoms with E-state index in [2.05, 4.69) is 62.1 Å². The van der Waals surface area contributed by atoms with Crippen LogP contribution < -0.4 is 4.57 Å². The fourth-order valence-corrected chi connectivity index (χ4v) is 3.44. The van der Waals surface area contributed by atoms with Gasteiger partial charge in [-0.2, -0.15) is 0 Å². The number of hydrogen-bond acceptors (Lipinski definition) is 1. The molecule has 1 aliphatic rings. The topological polar surface area (TPSA) is 26.1 Å². The van der Waals surface area contributed by atoms with Crippen molar-refractivity contribution in [2.45, 2.75) is 6.54 Å². The lowest BCUT2D eigenvalue weighted by molar-refractivity contribution is -0.636. The second-order valence-electron chi connectivity index (χ2n) is 5.33. The molecule has 20 heavy (non-hydrogen) atoms. The van der Waals surface area contributed by atoms with Crippen molar-refractivity contribution in [2.75, 3.05) is 0 Å². The van der Waals surface area contributed by atoms with E-state index in [1.165, 1.54) is 28.1 Å². The summed E-state index contributed by atoms with van der Waals surface area (Å²) in [6.45, 7) is 0.944. The van der Waals surface area contributed by atoms with E-state index in [0.717, 1.165) is 12.2 Å². The van der Waals surface area contributed by atoms with Gasteiger partial charge >= 0.3 is 0 Å². The molecule has 0 aliphatic carbocycles. The summed E-state index contributed by atoms with van der Waals surface area (Å²) in [6.07, 6.45) is 3.92. The molecule has 0 saturated heterocycles. The Morgan fingerprint density at radius 2 is 2.10 bits per heavy atom. The van der Waals surface area contributed by atoms with Gasteiger partial charge in [0.15, 0.2) is 11.2 Å². The molecule has 0 N–H and O–H groups in total. The minimum atomic E-state index is 0.944. The van der Waals surface area contributed by atoms with E-state index < -0.39 is 0 Å². The van der Waals surface area contributed by atoms with Gasteiger partial charge in [0.05, 0.1) is 25.4 Å². The highest BCUT2D eigenvalue weighted by Gasteiger charge is 2.32. The minimum absolute atomic E-state index is 0.944. The maximum atomic E-state index is 4.44. The summed E-state index contributed by atoms with van der Waals surface area (Å²) < 4.78 is 6.81. The first-order chi connectivity index (χ1) is 9.84. The number of benzene rings is 1. The lowest BCUT2D eigenvalue weighted by Crippen LogP contribution is -2.30. The predicted molar refractivity (Wildman–Crippen MR) is 76.4 cm³/mol. The van der Waals surface area contributed by atoms with Crippen LogP contribution >= 0.6 is 0 Å². The van der Waals surface area contributed by atoms with Gasteiger partial charge in [-0.3, -0.25) is 0 Å². The van der Waals surface area contributed by atoms with E-state index >= 15 is 0 Å². The van der Waals surface area contributed by atoms with E-state index in [4.69, 9.17) is 0 Å². The average Bonchev–Trinajstić information content (AvgIpc) is 3.10. The fraction of sp³-hybridized carbons (Fsp3) is 0.125. The summed E-state index contributed by atoms with van der Waals surface area (Å²) in [4.78, 5) is 4.44. The number of fused-ring (bicyclic) bond motifs is 7. The molecular formula is C16H13N4+. The van der Waals surface area contributed by atoms with E-state index in [1.54, 1.807) is 0 Å². The maximum absolute atomic E-state index is 4.44. The Morgan fingerprint density at radius 3 is 3.05 bits per heavy atom. The quantitative estimate of drug-likeness (QED) is 0.392. The highest BCUT2D eigenvalue weighted by atomic mass is 15.2. The molecule has 4 aromatic rings. The number of nitrogens with zero attached hydrogens (tertiary/aromatic N) is 4. The molecule has 0 unspecified atom stereocenters. The molecule has 0 spiro atoms. The van der Waals surface area contributed by atoms with Crippen LogP contribution in [0.3, 0.4) is 0 Å². The van der Waals surface area contributed by atoms with E-state index in [-0.39, 0.29) is 0 Å². The smallest absolute Gasteiger partial charge is 0.249 e. The average molecular weight is 261 g/mol. The Labute approximate surface area is 115 Å². The fourth-order valence-electron chi connectivity index (χ4n) is 3.44. The van der Waals surface area contributed by atoms with Crippen molar-refractivity contribution >= 4 is 16.8 Å². The van der Waals surface area contributed by atoms with Gasteiger partial charge in [0.25, 0.3) is 5.65 Å². The van der Waals surface area contributed by atoms with Crippen LogP contribution in [0.15, 0.2) is 48.8 Å². The van der Waals surface area contributed by atoms with Gasteiger partial charge in [-0.1, -0.05) is 18.2 Å². The summed E-state index contributed by atoms with van der Waals surface area (Å²) in [7, 11) is 2.13. The van der Waals surface area contributed by atoms with Crippen molar-refractivity contribution in [3.8, 4) is 11.4 Å². The largest absolute Gasteiger partial charge is 0.274 e. The Kier molecular flexibility index (Phi) is 1.67. The number of imidazole rings is 1. The predicted octanol–water partition coefficient (Wildman–Crippen LogP) is 2.14. The van der Waals surface area contributed by atoms with Gasteiger partial charge in [0, 0.05) is 12.3 Å². The summed E-state index contributed by atoms with van der Waals surface area (Å²) in [5.41, 5.74) is 6.18. The molecule has 4 nitrogen and oxygen atoms in total. The van der Waals surface area contributed by atoms with Crippen LogP contribution in [0.1, 0.15) is 5.56 Å². The van der Waals surface area contributed by atoms with E-state index in [0.29, 0.717) is 0 Å². The molecule has 0 atom stereocenters. The van der Waals surface area contributed by atoms with Crippen molar-refractivity contribution in [1.29, 1.82) is 0 Å². The number of hydrogen-bond donors (Lipinski definition) is 0. The minimum Gasteiger partial charge on any atom is -0.249 e. The summed E-state index contributed by atoms with van der Waals surface area (Å²) in [5.74, 6) is 1.28. The third kappa shape index (κ3) is 1.04. The zero-order valence-electron chi connectivity index (χ0n) is 11.1. The Morgan fingerprint density at radius 1 is 1.20 bits per heavy atom. The van der Waals surface area contributed by atoms with Crippen molar-refractivity contribution in [3.05, 3.63) is 54.4 Å². The monoisotopic (exact) mass is 261 g/mol. The summed E-state index contributed by atoms with van der Waals surface area (Å²) in [5, 5.41) is 0. The highest BCUT2D eigenvalue weighted by Crippen LogP contribution is 2.33. The molecule has 0 amide bonds. The van der Waals surface area contributed by atoms with Gasteiger partial charge in [0.1, 0.15) is 0 Å². The van der Waals surface area contributed by atoms with Gasteiger partial charge in [-0.05, 0) is 17.7 Å². The Bertz CT molecular complexity index is 990. The van der Waals surface area contributed by atoms with Crippen LogP contribution in [-0.4, -0.2) is 14.0 Å². The molecule has 0 radical (unpaired) electrons. The van der Waals surface area contributed by atoms with Gasteiger partial charge in [-0.25, -0.2) is 18.5 Å². The first kappa shape index (κ1) is 10.2. The molecule has 0 bridgehead atoms. The van der Waals surface area contributed by atoms with Crippen molar-refractivity contribution in [1.82, 2.24) is 14.0 Å². The zero-order chi connectivity index (χ0) is 13.3. The van der Waals surface area contributed by atoms with Crippen LogP contribution in [0.4, 0.5) is 0 Å². The Hall–Kier alpha value is -2.62. The molecule has 0 saturated carbocycles. The third-order valence-corrected chi connectivity index (χ3v) is 4.27. The molecule has 0 fully saturated rings. The van der Waals surface area contributed by atoms with Crippen LogP contribution in [0.25, 0.3) is 28.2 Å². The molecular weight excluding hydrogens is 248 g/mol. The standard InChI is InChI=1S/C16H13N4/c1-18-15-12-6-3-2-5-11(12)10-20(15)13-9-14-17-7-4-8-19(14)16(13)18/h2-9H,10H2,1H3/q+1. The van der Waals surface area contributed by atoms with Crippen molar-refractivity contribution in [3.63, 3.8) is 0 Å². The summed E-state index contributed by atoms with van der Waals surface area (Å²) >= 11 is 0. The number of aromatic nitrogens is 4. The molecule has 1 aliphatic heterocycles. The van der Waals surface area contributed by atoms with Crippen LogP contribution in [0.2, 0.25) is 0 Å². The zero-order valence-corrected chi connectivity index (χ0v) is 11.1. The summed E-state index contributed by atoms with van der Waals surface area (Å²) in [6, 6.07) is 12.8. The normalized spacial score (nSPS) is 13.1. The van der Waals surface area contributed by atoms with Crippen LogP contribution in [0.5, 0.6) is 0 Å². The van der Waals surface area contributed by atoms with Gasteiger partial charge < -0.3 is 0 Å². The first-order valence-corrected chi connectivity index (χ1v) is 6.77. The first-order valence-electron chi connectivity index (χ1n) is 6.77. The molecule has 1 aromatic carbocycles. The molecule has 3 aromatic heterocycles. The number of rotatable bonds is 0. The molecule has 96 valence electrons. The lowest BCUT2D eigenvalue weighted by Gasteiger charge is -1.97. The SMILES string of the molecule is C[n+]1c2n(c3cc4ncccn4c31)Cc1ccccc1-2. The van der Waals surface area contributed by atoms with Crippen molar-refractivity contribution in [2.24, 2.45) is 7.05 Å². The molecule has 4 heteroatoms. The Balaban J connectivity index is 1.98. The molecule has 5 rings (SSSR count). The van der Waals surface area contributed by atoms with Gasteiger partial charge in [-0.15, -0.1) is 0 Å². The van der Waals surface area contributed by atoms with Gasteiger partial charge in [0.2, 0.25) is 5.82 Å². The van der Waals surface area contributed by atoms with E-state index in [9.17, 15) is 0 Å². The maximum Gasteiger partial charge on any atom is 0.274 e. The van der Waals surface area contributed by atoms with Crippen LogP contribution in [-0.2, 0) is 13.6 Å². The lowest BCUT2D eigenvalue weighted by atomic mass is 10.1.